The third-order valence-corrected chi connectivity index (χ3v) is 9.68. The van der Waals surface area contributed by atoms with Crippen LogP contribution in [0.4, 0.5) is 0 Å². The Labute approximate surface area is 160 Å². The molecule has 0 aromatic heterocycles. The number of aliphatic carboxylic acids is 1. The molecule has 3 atom stereocenters. The van der Waals surface area contributed by atoms with Crippen LogP contribution in [0.3, 0.4) is 0 Å². The van der Waals surface area contributed by atoms with Crippen molar-refractivity contribution in [3.63, 3.8) is 0 Å². The molecule has 0 heterocycles. The normalized spacial score (nSPS) is 27.5. The third kappa shape index (κ3) is 4.24. The van der Waals surface area contributed by atoms with E-state index in [9.17, 15) is 9.90 Å². The van der Waals surface area contributed by atoms with Gasteiger partial charge in [-0.25, -0.2) is 0 Å². The Hall–Kier alpha value is 0.870. The van der Waals surface area contributed by atoms with E-state index in [4.69, 9.17) is 0 Å². The first-order valence-corrected chi connectivity index (χ1v) is 10.3. The van der Waals surface area contributed by atoms with E-state index in [2.05, 4.69) is 77.6 Å². The van der Waals surface area contributed by atoms with E-state index in [1.165, 1.54) is 12.8 Å². The van der Waals surface area contributed by atoms with Crippen LogP contribution in [-0.4, -0.2) is 15.4 Å². The van der Waals surface area contributed by atoms with Crippen molar-refractivity contribution < 1.29 is 9.90 Å². The number of carbonyl (C=O) groups is 1. The zero-order chi connectivity index (χ0) is 16.2. The lowest BCUT2D eigenvalue weighted by Gasteiger charge is -2.42. The van der Waals surface area contributed by atoms with Crippen LogP contribution in [0, 0.1) is 11.8 Å². The summed E-state index contributed by atoms with van der Waals surface area (Å²) in [6, 6.07) is 0. The second kappa shape index (κ2) is 8.65. The van der Waals surface area contributed by atoms with Crippen LogP contribution in [0.5, 0.6) is 0 Å². The minimum atomic E-state index is -0.810. The van der Waals surface area contributed by atoms with Gasteiger partial charge in [-0.05, 0) is 44.2 Å². The fourth-order valence-corrected chi connectivity index (χ4v) is 6.10. The van der Waals surface area contributed by atoms with E-state index in [-0.39, 0.29) is 5.92 Å². The Morgan fingerprint density at radius 3 is 2.43 bits per heavy atom. The van der Waals surface area contributed by atoms with Gasteiger partial charge in [0.05, 0.1) is 10.2 Å². The maximum Gasteiger partial charge on any atom is 0.312 e. The number of carboxylic acids is 1. The average Bonchev–Trinajstić information content (AvgIpc) is 2.45. The Bertz CT molecular complexity index is 459. The van der Waals surface area contributed by atoms with Crippen molar-refractivity contribution in [1.82, 2.24) is 0 Å². The molecule has 1 rings (SSSR count). The number of hydrogen-bond donors (Lipinski definition) is 1. The fourth-order valence-electron chi connectivity index (χ4n) is 2.79. The van der Waals surface area contributed by atoms with Gasteiger partial charge in [0, 0.05) is 13.4 Å². The molecule has 2 nitrogen and oxygen atoms in total. The lowest BCUT2D eigenvalue weighted by atomic mass is 9.75. The molecule has 0 saturated carbocycles. The van der Waals surface area contributed by atoms with Crippen LogP contribution in [-0.2, 0) is 4.79 Å². The maximum absolute atomic E-state index is 11.8. The Kier molecular flexibility index (Phi) is 8.20. The highest BCUT2D eigenvalue weighted by atomic mass is 79.9. The first kappa shape index (κ1) is 19.9. The van der Waals surface area contributed by atoms with Crippen LogP contribution in [0.2, 0.25) is 0 Å². The molecular formula is C15H20Br4O2. The molecule has 6 heteroatoms. The summed E-state index contributed by atoms with van der Waals surface area (Å²) in [7, 11) is 0. The molecule has 0 saturated heterocycles. The average molecular weight is 552 g/mol. The highest BCUT2D eigenvalue weighted by molar-refractivity contribution is 9.17. The molecule has 120 valence electrons. The summed E-state index contributed by atoms with van der Waals surface area (Å²) in [6.07, 6.45) is 7.19. The predicted octanol–water partition coefficient (Wildman–Crippen LogP) is 6.72. The van der Waals surface area contributed by atoms with E-state index >= 15 is 0 Å². The SMILES string of the molecule is CCCCCC(CC)C1(Br)C(Br)=C(Br)C(Br)=CC1C(=O)O. The first-order chi connectivity index (χ1) is 9.80. The summed E-state index contributed by atoms with van der Waals surface area (Å²) in [5.74, 6) is -1.16. The van der Waals surface area contributed by atoms with Gasteiger partial charge in [0.2, 0.25) is 0 Å². The molecule has 0 aromatic rings. The van der Waals surface area contributed by atoms with Crippen molar-refractivity contribution in [3.8, 4) is 0 Å². The van der Waals surface area contributed by atoms with Crippen LogP contribution in [0.25, 0.3) is 0 Å². The van der Waals surface area contributed by atoms with Gasteiger partial charge < -0.3 is 5.11 Å². The molecule has 0 aliphatic heterocycles. The van der Waals surface area contributed by atoms with Gasteiger partial charge in [-0.2, -0.15) is 0 Å². The number of allylic oxidation sites excluding steroid dienone is 3. The van der Waals surface area contributed by atoms with E-state index in [0.717, 1.165) is 32.7 Å². The topological polar surface area (TPSA) is 37.3 Å². The van der Waals surface area contributed by atoms with Crippen LogP contribution >= 0.6 is 63.7 Å². The number of alkyl halides is 1. The smallest absolute Gasteiger partial charge is 0.312 e. The highest BCUT2D eigenvalue weighted by Gasteiger charge is 2.50. The number of carboxylic acid groups (broad SMARTS) is 1. The van der Waals surface area contributed by atoms with Crippen molar-refractivity contribution in [2.45, 2.75) is 50.3 Å². The fraction of sp³-hybridized carbons (Fsp3) is 0.667. The number of unbranched alkanes of at least 4 members (excludes halogenated alkanes) is 2. The van der Waals surface area contributed by atoms with Gasteiger partial charge in [0.1, 0.15) is 0 Å². The Morgan fingerprint density at radius 1 is 1.33 bits per heavy atom. The van der Waals surface area contributed by atoms with E-state index < -0.39 is 16.2 Å². The molecule has 1 aliphatic rings. The van der Waals surface area contributed by atoms with Gasteiger partial charge >= 0.3 is 5.97 Å². The van der Waals surface area contributed by atoms with Crippen molar-refractivity contribution in [2.75, 3.05) is 0 Å². The largest absolute Gasteiger partial charge is 0.481 e. The summed E-state index contributed by atoms with van der Waals surface area (Å²) >= 11 is 14.4. The molecular weight excluding hydrogens is 532 g/mol. The van der Waals surface area contributed by atoms with Gasteiger partial charge in [-0.1, -0.05) is 77.5 Å². The summed E-state index contributed by atoms with van der Waals surface area (Å²) in [5.41, 5.74) is 0. The molecule has 0 amide bonds. The molecule has 0 bridgehead atoms. The predicted molar refractivity (Wildman–Crippen MR) is 103 cm³/mol. The number of hydrogen-bond acceptors (Lipinski definition) is 1. The van der Waals surface area contributed by atoms with Crippen molar-refractivity contribution >= 4 is 69.7 Å². The van der Waals surface area contributed by atoms with Crippen molar-refractivity contribution in [2.24, 2.45) is 11.8 Å². The van der Waals surface area contributed by atoms with E-state index in [0.29, 0.717) is 0 Å². The van der Waals surface area contributed by atoms with Gasteiger partial charge in [0.25, 0.3) is 0 Å². The second-order valence-electron chi connectivity index (χ2n) is 5.33. The molecule has 21 heavy (non-hydrogen) atoms. The van der Waals surface area contributed by atoms with Crippen LogP contribution < -0.4 is 0 Å². The zero-order valence-electron chi connectivity index (χ0n) is 12.1. The van der Waals surface area contributed by atoms with E-state index in [1.807, 2.05) is 0 Å². The highest BCUT2D eigenvalue weighted by Crippen LogP contribution is 2.55. The summed E-state index contributed by atoms with van der Waals surface area (Å²) in [6.45, 7) is 4.30. The van der Waals surface area contributed by atoms with Crippen molar-refractivity contribution in [1.29, 1.82) is 0 Å². The third-order valence-electron chi connectivity index (χ3n) is 4.01. The second-order valence-corrected chi connectivity index (χ2v) is 9.08. The lowest BCUT2D eigenvalue weighted by molar-refractivity contribution is -0.141. The molecule has 1 N–H and O–H groups in total. The Morgan fingerprint density at radius 2 is 1.95 bits per heavy atom. The standard InChI is InChI=1S/C15H20Br4O2/c1-3-5-6-7-9(4-2)15(19)10(14(20)21)8-11(16)12(17)13(15)18/h8-10H,3-7H2,1-2H3,(H,20,21). The molecule has 1 aliphatic carbocycles. The molecule has 0 radical (unpaired) electrons. The summed E-state index contributed by atoms with van der Waals surface area (Å²) < 4.78 is 1.93. The monoisotopic (exact) mass is 548 g/mol. The molecule has 3 unspecified atom stereocenters. The van der Waals surface area contributed by atoms with Gasteiger partial charge in [-0.15, -0.1) is 0 Å². The minimum Gasteiger partial charge on any atom is -0.481 e. The first-order valence-electron chi connectivity index (χ1n) is 7.15. The van der Waals surface area contributed by atoms with Crippen LogP contribution in [0.15, 0.2) is 19.5 Å². The van der Waals surface area contributed by atoms with Gasteiger partial charge in [-0.3, -0.25) is 4.79 Å². The van der Waals surface area contributed by atoms with E-state index in [1.54, 1.807) is 6.08 Å². The Balaban J connectivity index is 3.19. The zero-order valence-corrected chi connectivity index (χ0v) is 18.5. The minimum absolute atomic E-state index is 0.254. The maximum atomic E-state index is 11.8. The molecule has 0 fully saturated rings. The summed E-state index contributed by atoms with van der Waals surface area (Å²) in [5, 5.41) is 9.66. The molecule has 0 aromatic carbocycles. The van der Waals surface area contributed by atoms with Crippen LogP contribution in [0.1, 0.15) is 46.0 Å². The van der Waals surface area contributed by atoms with Gasteiger partial charge in [0.15, 0.2) is 0 Å². The quantitative estimate of drug-likeness (QED) is 0.282. The summed E-state index contributed by atoms with van der Waals surface area (Å²) in [4.78, 5) is 11.8. The lowest BCUT2D eigenvalue weighted by Crippen LogP contribution is -2.44. The number of rotatable bonds is 7. The molecule has 0 spiro atoms. The number of halogens is 4. The van der Waals surface area contributed by atoms with Crippen molar-refractivity contribution in [3.05, 3.63) is 19.5 Å².